The van der Waals surface area contributed by atoms with Crippen LogP contribution in [0.1, 0.15) is 47.3 Å². The second-order valence-electron chi connectivity index (χ2n) is 7.51. The summed E-state index contributed by atoms with van der Waals surface area (Å²) in [6.07, 6.45) is 0.797. The molecule has 3 heterocycles. The Hall–Kier alpha value is -2.66. The van der Waals surface area contributed by atoms with Crippen molar-refractivity contribution in [3.8, 4) is 0 Å². The highest BCUT2D eigenvalue weighted by Crippen LogP contribution is 2.27. The number of rotatable bonds is 7. The third-order valence-corrected chi connectivity index (χ3v) is 7.18. The highest BCUT2D eigenvalue weighted by molar-refractivity contribution is 7.89. The quantitative estimate of drug-likeness (QED) is 0.584. The Balaban J connectivity index is 1.60. The molecule has 1 aliphatic rings. The molecule has 0 atom stereocenters. The molecule has 31 heavy (non-hydrogen) atoms. The number of amides is 1. The van der Waals surface area contributed by atoms with Crippen molar-refractivity contribution in [2.24, 2.45) is 5.92 Å². The molecule has 3 rings (SSSR count). The summed E-state index contributed by atoms with van der Waals surface area (Å²) >= 11 is 0. The lowest BCUT2D eigenvalue weighted by Gasteiger charge is -2.32. The number of aryl methyl sites for hydroxylation is 2. The SMILES string of the molecule is CCOC(=O)c1ccc(S(=O)(=O)N2CCC(C(=O)N(C)Cc3c(C)noc3C)CC2)o1. The number of piperidine rings is 1. The number of nitrogens with zero attached hydrogens (tertiary/aromatic N) is 3. The van der Waals surface area contributed by atoms with E-state index in [4.69, 9.17) is 13.7 Å². The molecule has 0 aliphatic carbocycles. The summed E-state index contributed by atoms with van der Waals surface area (Å²) in [5.74, 6) is -0.511. The minimum atomic E-state index is -3.90. The Labute approximate surface area is 181 Å². The minimum absolute atomic E-state index is 0.0420. The van der Waals surface area contributed by atoms with Gasteiger partial charge in [-0.25, -0.2) is 13.2 Å². The predicted octanol–water partition coefficient (Wildman–Crippen LogP) is 2.12. The van der Waals surface area contributed by atoms with E-state index in [9.17, 15) is 18.0 Å². The summed E-state index contributed by atoms with van der Waals surface area (Å²) in [6.45, 7) is 6.21. The average Bonchev–Trinajstić information content (AvgIpc) is 3.37. The van der Waals surface area contributed by atoms with Crippen molar-refractivity contribution < 1.29 is 31.7 Å². The number of furan rings is 1. The van der Waals surface area contributed by atoms with Gasteiger partial charge in [0.05, 0.1) is 18.8 Å². The van der Waals surface area contributed by atoms with Crippen LogP contribution in [0.3, 0.4) is 0 Å². The topological polar surface area (TPSA) is 123 Å². The van der Waals surface area contributed by atoms with E-state index in [0.717, 1.165) is 11.3 Å². The molecule has 1 aliphatic heterocycles. The number of hydrogen-bond donors (Lipinski definition) is 0. The van der Waals surface area contributed by atoms with Crippen LogP contribution in [-0.4, -0.2) is 61.4 Å². The second-order valence-corrected chi connectivity index (χ2v) is 9.38. The lowest BCUT2D eigenvalue weighted by atomic mass is 9.96. The summed E-state index contributed by atoms with van der Waals surface area (Å²) in [6, 6.07) is 2.53. The van der Waals surface area contributed by atoms with Crippen LogP contribution in [0.5, 0.6) is 0 Å². The van der Waals surface area contributed by atoms with Gasteiger partial charge in [0.2, 0.25) is 16.8 Å². The van der Waals surface area contributed by atoms with Crippen molar-refractivity contribution in [3.63, 3.8) is 0 Å². The fourth-order valence-electron chi connectivity index (χ4n) is 3.60. The third kappa shape index (κ3) is 4.82. The van der Waals surface area contributed by atoms with Crippen LogP contribution in [-0.2, 0) is 26.1 Å². The summed E-state index contributed by atoms with van der Waals surface area (Å²) in [7, 11) is -2.18. The number of carbonyl (C=O) groups is 2. The van der Waals surface area contributed by atoms with E-state index in [1.165, 1.54) is 16.4 Å². The zero-order valence-electron chi connectivity index (χ0n) is 18.1. The largest absolute Gasteiger partial charge is 0.460 e. The van der Waals surface area contributed by atoms with Gasteiger partial charge in [0, 0.05) is 31.6 Å². The first-order valence-corrected chi connectivity index (χ1v) is 11.5. The molecule has 0 aromatic carbocycles. The monoisotopic (exact) mass is 453 g/mol. The summed E-state index contributed by atoms with van der Waals surface area (Å²) < 4.78 is 42.1. The van der Waals surface area contributed by atoms with E-state index < -0.39 is 16.0 Å². The fraction of sp³-hybridized carbons (Fsp3) is 0.550. The van der Waals surface area contributed by atoms with Crippen LogP contribution < -0.4 is 0 Å². The van der Waals surface area contributed by atoms with Gasteiger partial charge < -0.3 is 18.6 Å². The third-order valence-electron chi connectivity index (χ3n) is 5.41. The van der Waals surface area contributed by atoms with Gasteiger partial charge in [0.25, 0.3) is 10.0 Å². The van der Waals surface area contributed by atoms with Crippen molar-refractivity contribution in [2.75, 3.05) is 26.7 Å². The lowest BCUT2D eigenvalue weighted by Crippen LogP contribution is -2.43. The van der Waals surface area contributed by atoms with Crippen LogP contribution in [0.2, 0.25) is 0 Å². The Morgan fingerprint density at radius 3 is 2.52 bits per heavy atom. The minimum Gasteiger partial charge on any atom is -0.460 e. The number of esters is 1. The predicted molar refractivity (Wildman–Crippen MR) is 109 cm³/mol. The fourth-order valence-corrected chi connectivity index (χ4v) is 4.98. The molecule has 0 radical (unpaired) electrons. The Kier molecular flexibility index (Phi) is 6.85. The van der Waals surface area contributed by atoms with Gasteiger partial charge in [-0.1, -0.05) is 5.16 Å². The molecule has 1 saturated heterocycles. The molecular weight excluding hydrogens is 426 g/mol. The second kappa shape index (κ2) is 9.23. The van der Waals surface area contributed by atoms with Gasteiger partial charge in [-0.3, -0.25) is 4.79 Å². The molecule has 0 N–H and O–H groups in total. The molecule has 2 aromatic heterocycles. The van der Waals surface area contributed by atoms with Crippen molar-refractivity contribution in [1.29, 1.82) is 0 Å². The molecule has 10 nitrogen and oxygen atoms in total. The number of hydrogen-bond acceptors (Lipinski definition) is 8. The zero-order valence-corrected chi connectivity index (χ0v) is 18.9. The molecule has 170 valence electrons. The number of ether oxygens (including phenoxy) is 1. The maximum Gasteiger partial charge on any atom is 0.374 e. The highest BCUT2D eigenvalue weighted by atomic mass is 32.2. The molecular formula is C20H27N3O7S. The maximum atomic E-state index is 12.9. The molecule has 1 amide bonds. The molecule has 1 fully saturated rings. The van der Waals surface area contributed by atoms with Crippen molar-refractivity contribution in [2.45, 2.75) is 45.2 Å². The summed E-state index contributed by atoms with van der Waals surface area (Å²) in [5.41, 5.74) is 1.63. The van der Waals surface area contributed by atoms with E-state index in [1.807, 2.05) is 6.92 Å². The molecule has 0 unspecified atom stereocenters. The van der Waals surface area contributed by atoms with Crippen molar-refractivity contribution in [1.82, 2.24) is 14.4 Å². The van der Waals surface area contributed by atoms with Crippen molar-refractivity contribution >= 4 is 21.9 Å². The highest BCUT2D eigenvalue weighted by Gasteiger charge is 2.35. The first-order chi connectivity index (χ1) is 14.6. The average molecular weight is 454 g/mol. The van der Waals surface area contributed by atoms with Gasteiger partial charge in [-0.15, -0.1) is 0 Å². The van der Waals surface area contributed by atoms with Crippen LogP contribution in [0.15, 0.2) is 26.2 Å². The Morgan fingerprint density at radius 2 is 1.94 bits per heavy atom. The standard InChI is InChI=1S/C20H27N3O7S/c1-5-28-20(25)17-6-7-18(29-17)31(26,27)23-10-8-15(9-11-23)19(24)22(4)12-16-13(2)21-30-14(16)3/h6-7,15H,5,8-12H2,1-4H3. The zero-order chi connectivity index (χ0) is 22.8. The number of sulfonamides is 1. The van der Waals surface area contributed by atoms with Crippen LogP contribution in [0, 0.1) is 19.8 Å². The molecule has 0 spiro atoms. The van der Waals surface area contributed by atoms with E-state index in [1.54, 1.807) is 25.8 Å². The smallest absolute Gasteiger partial charge is 0.374 e. The van der Waals surface area contributed by atoms with Crippen LogP contribution >= 0.6 is 0 Å². The molecule has 2 aromatic rings. The summed E-state index contributed by atoms with van der Waals surface area (Å²) in [5, 5.41) is 3.60. The van der Waals surface area contributed by atoms with Gasteiger partial charge in [0.1, 0.15) is 5.76 Å². The first kappa shape index (κ1) is 23.0. The summed E-state index contributed by atoms with van der Waals surface area (Å²) in [4.78, 5) is 26.2. The molecule has 11 heteroatoms. The van der Waals surface area contributed by atoms with Crippen LogP contribution in [0.25, 0.3) is 0 Å². The Morgan fingerprint density at radius 1 is 1.26 bits per heavy atom. The van der Waals surface area contributed by atoms with E-state index in [0.29, 0.717) is 25.1 Å². The van der Waals surface area contributed by atoms with Crippen molar-refractivity contribution in [3.05, 3.63) is 34.9 Å². The van der Waals surface area contributed by atoms with Gasteiger partial charge >= 0.3 is 5.97 Å². The van der Waals surface area contributed by atoms with Crippen LogP contribution in [0.4, 0.5) is 0 Å². The maximum absolute atomic E-state index is 12.9. The number of carbonyl (C=O) groups excluding carboxylic acids is 2. The Bertz CT molecular complexity index is 1030. The normalized spacial score (nSPS) is 15.7. The number of aromatic nitrogens is 1. The molecule has 0 saturated carbocycles. The van der Waals surface area contributed by atoms with Gasteiger partial charge in [-0.2, -0.15) is 4.31 Å². The van der Waals surface area contributed by atoms with Gasteiger partial charge in [0.15, 0.2) is 0 Å². The lowest BCUT2D eigenvalue weighted by molar-refractivity contribution is -0.135. The first-order valence-electron chi connectivity index (χ1n) is 10.1. The van der Waals surface area contributed by atoms with E-state index >= 15 is 0 Å². The molecule has 0 bridgehead atoms. The van der Waals surface area contributed by atoms with E-state index in [-0.39, 0.29) is 42.4 Å². The van der Waals surface area contributed by atoms with Gasteiger partial charge in [-0.05, 0) is 45.7 Å². The van der Waals surface area contributed by atoms with E-state index in [2.05, 4.69) is 5.16 Å².